The summed E-state index contributed by atoms with van der Waals surface area (Å²) >= 11 is 1.44. The van der Waals surface area contributed by atoms with E-state index in [0.717, 1.165) is 34.4 Å². The van der Waals surface area contributed by atoms with Gasteiger partial charge in [0.15, 0.2) is 11.0 Å². The molecule has 6 nitrogen and oxygen atoms in total. The zero-order valence-corrected chi connectivity index (χ0v) is 17.8. The average Bonchev–Trinajstić information content (AvgIpc) is 3.26. The molecule has 0 N–H and O–H groups in total. The van der Waals surface area contributed by atoms with Crippen LogP contribution in [-0.4, -0.2) is 39.1 Å². The smallest absolute Gasteiger partial charge is 0.240 e. The third-order valence-corrected chi connectivity index (χ3v) is 6.38. The first-order valence-corrected chi connectivity index (χ1v) is 10.5. The molecule has 0 fully saturated rings. The van der Waals surface area contributed by atoms with Crippen molar-refractivity contribution in [1.29, 1.82) is 0 Å². The summed E-state index contributed by atoms with van der Waals surface area (Å²) in [5.74, 6) is 1.65. The molecule has 0 spiro atoms. The van der Waals surface area contributed by atoms with Crippen molar-refractivity contribution in [3.8, 4) is 17.1 Å². The van der Waals surface area contributed by atoms with Crippen LogP contribution < -0.4 is 9.64 Å². The van der Waals surface area contributed by atoms with Crippen LogP contribution in [-0.2, 0) is 18.3 Å². The molecule has 0 aliphatic carbocycles. The Kier molecular flexibility index (Phi) is 5.32. The first-order chi connectivity index (χ1) is 14.0. The lowest BCUT2D eigenvalue weighted by atomic mass is 10.1. The van der Waals surface area contributed by atoms with E-state index < -0.39 is 0 Å². The number of thioether (sulfide) groups is 1. The van der Waals surface area contributed by atoms with Crippen molar-refractivity contribution in [2.75, 3.05) is 12.0 Å². The SMILES string of the molecule is COc1ccc(-c2nnc(SC(C)C(=O)N3c4ccccc4CC3C)n2C)cc1. The van der Waals surface area contributed by atoms with Gasteiger partial charge >= 0.3 is 0 Å². The lowest BCUT2D eigenvalue weighted by molar-refractivity contribution is -0.118. The van der Waals surface area contributed by atoms with Crippen LogP contribution in [0.15, 0.2) is 53.7 Å². The van der Waals surface area contributed by atoms with Gasteiger partial charge < -0.3 is 14.2 Å². The van der Waals surface area contributed by atoms with Gasteiger partial charge in [-0.2, -0.15) is 0 Å². The monoisotopic (exact) mass is 408 g/mol. The number of methoxy groups -OCH3 is 1. The molecule has 1 aromatic heterocycles. The first kappa shape index (κ1) is 19.5. The van der Waals surface area contributed by atoms with Gasteiger partial charge in [-0.25, -0.2) is 0 Å². The number of rotatable bonds is 5. The van der Waals surface area contributed by atoms with E-state index in [1.807, 2.05) is 65.9 Å². The summed E-state index contributed by atoms with van der Waals surface area (Å²) in [5, 5.41) is 9.10. The Morgan fingerprint density at radius 3 is 2.62 bits per heavy atom. The van der Waals surface area contributed by atoms with Gasteiger partial charge in [0.1, 0.15) is 5.75 Å². The van der Waals surface area contributed by atoms with Crippen molar-refractivity contribution >= 4 is 23.4 Å². The van der Waals surface area contributed by atoms with Crippen LogP contribution in [0.4, 0.5) is 5.69 Å². The summed E-state index contributed by atoms with van der Waals surface area (Å²) in [4.78, 5) is 15.1. The number of hydrogen-bond acceptors (Lipinski definition) is 5. The van der Waals surface area contributed by atoms with Gasteiger partial charge in [0.25, 0.3) is 0 Å². The fourth-order valence-electron chi connectivity index (χ4n) is 3.71. The normalized spacial score (nSPS) is 16.6. The highest BCUT2D eigenvalue weighted by molar-refractivity contribution is 8.00. The van der Waals surface area contributed by atoms with Gasteiger partial charge in [-0.15, -0.1) is 10.2 Å². The number of hydrogen-bond donors (Lipinski definition) is 0. The van der Waals surface area contributed by atoms with Crippen LogP contribution in [0.5, 0.6) is 5.75 Å². The summed E-state index contributed by atoms with van der Waals surface area (Å²) in [6.45, 7) is 4.03. The van der Waals surface area contributed by atoms with Crippen molar-refractivity contribution in [2.24, 2.45) is 7.05 Å². The largest absolute Gasteiger partial charge is 0.497 e. The number of carbonyl (C=O) groups excluding carboxylic acids is 1. The first-order valence-electron chi connectivity index (χ1n) is 9.61. The minimum absolute atomic E-state index is 0.0986. The van der Waals surface area contributed by atoms with E-state index >= 15 is 0 Å². The quantitative estimate of drug-likeness (QED) is 0.598. The molecular weight excluding hydrogens is 384 g/mol. The molecular formula is C22H24N4O2S. The van der Waals surface area contributed by atoms with E-state index in [0.29, 0.717) is 0 Å². The van der Waals surface area contributed by atoms with E-state index in [2.05, 4.69) is 23.2 Å². The van der Waals surface area contributed by atoms with Crippen molar-refractivity contribution in [3.05, 3.63) is 54.1 Å². The molecule has 29 heavy (non-hydrogen) atoms. The summed E-state index contributed by atoms with van der Waals surface area (Å²) in [5.41, 5.74) is 3.20. The molecule has 2 heterocycles. The maximum Gasteiger partial charge on any atom is 0.240 e. The molecule has 150 valence electrons. The number of benzene rings is 2. The van der Waals surface area contributed by atoms with Gasteiger partial charge in [0, 0.05) is 24.3 Å². The Labute approximate surface area is 174 Å². The number of ether oxygens (including phenoxy) is 1. The number of anilines is 1. The fraction of sp³-hybridized carbons (Fsp3) is 0.318. The Morgan fingerprint density at radius 2 is 1.90 bits per heavy atom. The van der Waals surface area contributed by atoms with Crippen molar-refractivity contribution in [3.63, 3.8) is 0 Å². The lowest BCUT2D eigenvalue weighted by Crippen LogP contribution is -2.40. The van der Waals surface area contributed by atoms with Crippen molar-refractivity contribution in [2.45, 2.75) is 36.7 Å². The van der Waals surface area contributed by atoms with E-state index in [1.165, 1.54) is 17.3 Å². The fourth-order valence-corrected chi connectivity index (χ4v) is 4.58. The zero-order chi connectivity index (χ0) is 20.5. The second kappa shape index (κ2) is 7.91. The molecule has 1 aliphatic rings. The van der Waals surface area contributed by atoms with Gasteiger partial charge in [-0.3, -0.25) is 4.79 Å². The molecule has 0 saturated heterocycles. The predicted octanol–water partition coefficient (Wildman–Crippen LogP) is 3.95. The summed E-state index contributed by atoms with van der Waals surface area (Å²) in [7, 11) is 3.57. The van der Waals surface area contributed by atoms with Crippen molar-refractivity contribution in [1.82, 2.24) is 14.8 Å². The Morgan fingerprint density at radius 1 is 1.17 bits per heavy atom. The molecule has 0 bridgehead atoms. The number of fused-ring (bicyclic) bond motifs is 1. The molecule has 0 saturated carbocycles. The average molecular weight is 409 g/mol. The van der Waals surface area contributed by atoms with Crippen LogP contribution in [0.1, 0.15) is 19.4 Å². The Bertz CT molecular complexity index is 1030. The molecule has 7 heteroatoms. The molecule has 2 atom stereocenters. The zero-order valence-electron chi connectivity index (χ0n) is 17.0. The molecule has 2 aromatic carbocycles. The van der Waals surface area contributed by atoms with Gasteiger partial charge in [-0.05, 0) is 56.2 Å². The van der Waals surface area contributed by atoms with Crippen LogP contribution >= 0.6 is 11.8 Å². The number of carbonyl (C=O) groups is 1. The van der Waals surface area contributed by atoms with E-state index in [4.69, 9.17) is 4.74 Å². The summed E-state index contributed by atoms with van der Waals surface area (Å²) in [6.07, 6.45) is 0.894. The summed E-state index contributed by atoms with van der Waals surface area (Å²) < 4.78 is 7.14. The minimum atomic E-state index is -0.268. The predicted molar refractivity (Wildman–Crippen MR) is 115 cm³/mol. The third-order valence-electron chi connectivity index (χ3n) is 5.26. The Hall–Kier alpha value is -2.80. The topological polar surface area (TPSA) is 60.3 Å². The van der Waals surface area contributed by atoms with Gasteiger partial charge in [0.05, 0.1) is 12.4 Å². The van der Waals surface area contributed by atoms with E-state index in [1.54, 1.807) is 7.11 Å². The highest BCUT2D eigenvalue weighted by Gasteiger charge is 2.34. The maximum atomic E-state index is 13.2. The van der Waals surface area contributed by atoms with E-state index in [-0.39, 0.29) is 17.2 Å². The number of aromatic nitrogens is 3. The number of amides is 1. The standard InChI is InChI=1S/C22H24N4O2S/c1-14-13-17-7-5-6-8-19(17)26(14)21(27)15(2)29-22-24-23-20(25(22)3)16-9-11-18(28-4)12-10-16/h5-12,14-15H,13H2,1-4H3. The molecule has 3 aromatic rings. The second-order valence-electron chi connectivity index (χ2n) is 7.24. The second-order valence-corrected chi connectivity index (χ2v) is 8.55. The van der Waals surface area contributed by atoms with Crippen LogP contribution in [0.2, 0.25) is 0 Å². The van der Waals surface area contributed by atoms with Crippen molar-refractivity contribution < 1.29 is 9.53 Å². The third kappa shape index (κ3) is 3.62. The van der Waals surface area contributed by atoms with Gasteiger partial charge in [-0.1, -0.05) is 30.0 Å². The molecule has 1 amide bonds. The maximum absolute atomic E-state index is 13.2. The number of para-hydroxylation sites is 1. The van der Waals surface area contributed by atoms with Crippen LogP contribution in [0, 0.1) is 0 Å². The number of nitrogens with zero attached hydrogens (tertiary/aromatic N) is 4. The molecule has 1 aliphatic heterocycles. The van der Waals surface area contributed by atoms with E-state index in [9.17, 15) is 4.79 Å². The Balaban J connectivity index is 1.52. The minimum Gasteiger partial charge on any atom is -0.497 e. The summed E-state index contributed by atoms with van der Waals surface area (Å²) in [6, 6.07) is 16.0. The lowest BCUT2D eigenvalue weighted by Gasteiger charge is -2.25. The van der Waals surface area contributed by atoms with Crippen LogP contribution in [0.3, 0.4) is 0 Å². The van der Waals surface area contributed by atoms with Crippen LogP contribution in [0.25, 0.3) is 11.4 Å². The van der Waals surface area contributed by atoms with Gasteiger partial charge in [0.2, 0.25) is 5.91 Å². The molecule has 4 rings (SSSR count). The highest BCUT2D eigenvalue weighted by atomic mass is 32.2. The highest BCUT2D eigenvalue weighted by Crippen LogP contribution is 2.35. The molecule has 2 unspecified atom stereocenters. The molecule has 0 radical (unpaired) electrons.